The van der Waals surface area contributed by atoms with E-state index in [-0.39, 0.29) is 18.9 Å². The number of hydrogen-bond acceptors (Lipinski definition) is 6. The number of carbonyl (C=O) groups is 4. The molecule has 276 valence electrons. The van der Waals surface area contributed by atoms with E-state index in [1.807, 2.05) is 62.4 Å². The molecule has 2 aromatic carbocycles. The molecule has 0 radical (unpaired) electrons. The van der Waals surface area contributed by atoms with E-state index in [1.54, 1.807) is 58.6 Å². The molecule has 9 nitrogen and oxygen atoms in total. The van der Waals surface area contributed by atoms with Crippen LogP contribution in [0.4, 0.5) is 4.79 Å². The Morgan fingerprint density at radius 1 is 0.820 bits per heavy atom. The van der Waals surface area contributed by atoms with Crippen molar-refractivity contribution in [3.63, 3.8) is 0 Å². The number of esters is 1. The van der Waals surface area contributed by atoms with Gasteiger partial charge in [0.25, 0.3) is 0 Å². The van der Waals surface area contributed by atoms with E-state index in [0.29, 0.717) is 18.4 Å². The van der Waals surface area contributed by atoms with Crippen molar-refractivity contribution < 1.29 is 28.7 Å². The van der Waals surface area contributed by atoms with Crippen molar-refractivity contribution in [2.45, 2.75) is 137 Å². The lowest BCUT2D eigenvalue weighted by Crippen LogP contribution is -2.55. The van der Waals surface area contributed by atoms with Gasteiger partial charge < -0.3 is 25.0 Å². The molecule has 3 atom stereocenters. The minimum atomic E-state index is -1.12. The normalized spacial score (nSPS) is 13.5. The van der Waals surface area contributed by atoms with E-state index in [2.05, 4.69) is 24.1 Å². The fourth-order valence-corrected chi connectivity index (χ4v) is 5.59. The molecule has 0 bridgehead atoms. The highest BCUT2D eigenvalue weighted by Crippen LogP contribution is 2.27. The standard InChI is InChI=1S/C41H61N3O6/c1-11-13-14-15-19-25-44(37(46)33(26-29(3)4)43-39(48)50-41(8,9)10)35(32-24-20-23-30(12-2)27-32)36(45)42-34(38(47)49-40(5,6)7)28-31-21-17-16-18-22-31/h12,16-18,20-24,27,29,33-35H,2,11,13-15,19,25-26,28H2,1,3-10H3,(H,42,45)(H,43,48). The zero-order valence-electron chi connectivity index (χ0n) is 31.8. The third-order valence-electron chi connectivity index (χ3n) is 7.79. The van der Waals surface area contributed by atoms with Gasteiger partial charge in [-0.25, -0.2) is 9.59 Å². The number of alkyl carbamates (subject to hydrolysis) is 1. The maximum Gasteiger partial charge on any atom is 0.408 e. The molecular weight excluding hydrogens is 630 g/mol. The van der Waals surface area contributed by atoms with Gasteiger partial charge >= 0.3 is 12.1 Å². The summed E-state index contributed by atoms with van der Waals surface area (Å²) in [6, 6.07) is 13.6. The SMILES string of the molecule is C=Cc1cccc(C(C(=O)NC(Cc2ccccc2)C(=O)OC(C)(C)C)N(CCCCCCC)C(=O)C(CC(C)C)NC(=O)OC(C)(C)C)c1. The molecule has 0 aliphatic carbocycles. The van der Waals surface area contributed by atoms with Crippen molar-refractivity contribution in [2.24, 2.45) is 5.92 Å². The van der Waals surface area contributed by atoms with Crippen molar-refractivity contribution in [3.05, 3.63) is 77.9 Å². The molecule has 50 heavy (non-hydrogen) atoms. The highest BCUT2D eigenvalue weighted by molar-refractivity contribution is 5.94. The minimum Gasteiger partial charge on any atom is -0.458 e. The van der Waals surface area contributed by atoms with Crippen molar-refractivity contribution in [3.8, 4) is 0 Å². The molecule has 0 heterocycles. The van der Waals surface area contributed by atoms with Crippen LogP contribution in [0.1, 0.15) is 124 Å². The number of rotatable bonds is 18. The molecule has 2 rings (SSSR count). The van der Waals surface area contributed by atoms with Gasteiger partial charge in [-0.05, 0) is 83.1 Å². The molecule has 9 heteroatoms. The molecule has 0 aliphatic rings. The molecule has 0 aliphatic heterocycles. The molecule has 2 N–H and O–H groups in total. The van der Waals surface area contributed by atoms with E-state index >= 15 is 0 Å². The van der Waals surface area contributed by atoms with Crippen LogP contribution in [0.15, 0.2) is 61.2 Å². The first-order chi connectivity index (χ1) is 23.4. The lowest BCUT2D eigenvalue weighted by atomic mass is 9.97. The lowest BCUT2D eigenvalue weighted by molar-refractivity contribution is -0.159. The van der Waals surface area contributed by atoms with Crippen LogP contribution in [0.5, 0.6) is 0 Å². The summed E-state index contributed by atoms with van der Waals surface area (Å²) in [4.78, 5) is 57.6. The summed E-state index contributed by atoms with van der Waals surface area (Å²) in [6.07, 6.45) is 6.13. The lowest BCUT2D eigenvalue weighted by Gasteiger charge is -2.36. The summed E-state index contributed by atoms with van der Waals surface area (Å²) < 4.78 is 11.3. The van der Waals surface area contributed by atoms with Crippen molar-refractivity contribution in [1.29, 1.82) is 0 Å². The highest BCUT2D eigenvalue weighted by Gasteiger charge is 2.38. The van der Waals surface area contributed by atoms with Crippen LogP contribution in [0.3, 0.4) is 0 Å². The smallest absolute Gasteiger partial charge is 0.408 e. The average molecular weight is 692 g/mol. The fourth-order valence-electron chi connectivity index (χ4n) is 5.59. The Labute approximate surface area is 300 Å². The van der Waals surface area contributed by atoms with Gasteiger partial charge in [-0.15, -0.1) is 0 Å². The van der Waals surface area contributed by atoms with Crippen LogP contribution < -0.4 is 10.6 Å². The van der Waals surface area contributed by atoms with Gasteiger partial charge in [-0.2, -0.15) is 0 Å². The van der Waals surface area contributed by atoms with Crippen molar-refractivity contribution in [2.75, 3.05) is 6.54 Å². The van der Waals surface area contributed by atoms with Gasteiger partial charge in [0, 0.05) is 13.0 Å². The molecule has 0 fully saturated rings. The van der Waals surface area contributed by atoms with Gasteiger partial charge in [0.15, 0.2) is 0 Å². The van der Waals surface area contributed by atoms with Crippen LogP contribution >= 0.6 is 0 Å². The van der Waals surface area contributed by atoms with E-state index < -0.39 is 53.2 Å². The van der Waals surface area contributed by atoms with Crippen LogP contribution in [-0.2, 0) is 30.3 Å². The zero-order chi connectivity index (χ0) is 37.5. The molecule has 3 amide bonds. The highest BCUT2D eigenvalue weighted by atomic mass is 16.6. The first kappa shape index (κ1) is 42.0. The Morgan fingerprint density at radius 2 is 1.46 bits per heavy atom. The predicted molar refractivity (Wildman–Crippen MR) is 200 cm³/mol. The topological polar surface area (TPSA) is 114 Å². The zero-order valence-corrected chi connectivity index (χ0v) is 31.8. The van der Waals surface area contributed by atoms with Crippen LogP contribution in [0.25, 0.3) is 6.08 Å². The predicted octanol–water partition coefficient (Wildman–Crippen LogP) is 8.18. The van der Waals surface area contributed by atoms with Gasteiger partial charge in [-0.3, -0.25) is 9.59 Å². The molecule has 0 aromatic heterocycles. The largest absolute Gasteiger partial charge is 0.458 e. The Hall–Kier alpha value is -4.14. The van der Waals surface area contributed by atoms with Gasteiger partial charge in [0.2, 0.25) is 11.8 Å². The Balaban J connectivity index is 2.67. The second-order valence-electron chi connectivity index (χ2n) is 15.3. The average Bonchev–Trinajstić information content (AvgIpc) is 3.01. The Morgan fingerprint density at radius 3 is 2.04 bits per heavy atom. The first-order valence-electron chi connectivity index (χ1n) is 18.0. The number of ether oxygens (including phenoxy) is 2. The van der Waals surface area contributed by atoms with Crippen LogP contribution in [-0.4, -0.2) is 58.6 Å². The van der Waals surface area contributed by atoms with Crippen LogP contribution in [0, 0.1) is 5.92 Å². The summed E-state index contributed by atoms with van der Waals surface area (Å²) in [5, 5.41) is 5.78. The summed E-state index contributed by atoms with van der Waals surface area (Å²) >= 11 is 0. The van der Waals surface area contributed by atoms with E-state index in [0.717, 1.165) is 36.8 Å². The third kappa shape index (κ3) is 15.2. The second-order valence-corrected chi connectivity index (χ2v) is 15.3. The number of nitrogens with one attached hydrogen (secondary N) is 2. The molecule has 3 unspecified atom stereocenters. The summed E-state index contributed by atoms with van der Waals surface area (Å²) in [5.74, 6) is -1.46. The van der Waals surface area contributed by atoms with Crippen molar-refractivity contribution in [1.82, 2.24) is 15.5 Å². The first-order valence-corrected chi connectivity index (χ1v) is 18.0. The van der Waals surface area contributed by atoms with E-state index in [1.165, 1.54) is 0 Å². The van der Waals surface area contributed by atoms with Gasteiger partial charge in [-0.1, -0.05) is 108 Å². The second kappa shape index (κ2) is 19.9. The number of unbranched alkanes of at least 4 members (excludes halogenated alkanes) is 4. The monoisotopic (exact) mass is 691 g/mol. The fraction of sp³-hybridized carbons (Fsp3) is 0.561. The summed E-state index contributed by atoms with van der Waals surface area (Å²) in [6.45, 7) is 20.9. The molecule has 0 spiro atoms. The minimum absolute atomic E-state index is 0.0454. The molecule has 0 saturated carbocycles. The molecule has 2 aromatic rings. The van der Waals surface area contributed by atoms with Crippen molar-refractivity contribution >= 4 is 30.0 Å². The van der Waals surface area contributed by atoms with Gasteiger partial charge in [0.05, 0.1) is 0 Å². The Kier molecular flexibility index (Phi) is 16.7. The maximum atomic E-state index is 14.7. The van der Waals surface area contributed by atoms with E-state index in [9.17, 15) is 19.2 Å². The number of hydrogen-bond donors (Lipinski definition) is 2. The molecular formula is C41H61N3O6. The number of benzene rings is 2. The third-order valence-corrected chi connectivity index (χ3v) is 7.79. The number of amides is 3. The molecule has 0 saturated heterocycles. The maximum absolute atomic E-state index is 14.7. The van der Waals surface area contributed by atoms with Gasteiger partial charge in [0.1, 0.15) is 29.3 Å². The quantitative estimate of drug-likeness (QED) is 0.120. The van der Waals surface area contributed by atoms with Crippen LogP contribution in [0.2, 0.25) is 0 Å². The summed E-state index contributed by atoms with van der Waals surface area (Å²) in [7, 11) is 0. The number of carbonyl (C=O) groups excluding carboxylic acids is 4. The Bertz CT molecular complexity index is 1390. The summed E-state index contributed by atoms with van der Waals surface area (Å²) in [5.41, 5.74) is 0.625. The number of nitrogens with zero attached hydrogens (tertiary/aromatic N) is 1. The van der Waals surface area contributed by atoms with E-state index in [4.69, 9.17) is 9.47 Å².